The number of hydrogen-bond acceptors (Lipinski definition) is 6. The fraction of sp³-hybridized carbons (Fsp3) is 0.294. The monoisotopic (exact) mass is 377 g/mol. The molecule has 0 amide bonds. The fourth-order valence-corrected chi connectivity index (χ4v) is 3.94. The maximum absolute atomic E-state index is 12.4. The van der Waals surface area contributed by atoms with Crippen molar-refractivity contribution in [3.05, 3.63) is 53.4 Å². The van der Waals surface area contributed by atoms with Crippen molar-refractivity contribution in [2.45, 2.75) is 31.9 Å². The molecule has 25 heavy (non-hydrogen) atoms. The lowest BCUT2D eigenvalue weighted by Gasteiger charge is -2.12. The third-order valence-corrected chi connectivity index (χ3v) is 5.50. The van der Waals surface area contributed by atoms with Crippen LogP contribution in [-0.2, 0) is 21.2 Å². The molecule has 0 aliphatic carbocycles. The number of benzene rings is 1. The molecule has 0 aliphatic heterocycles. The Morgan fingerprint density at radius 2 is 2.04 bits per heavy atom. The molecule has 0 fully saturated rings. The van der Waals surface area contributed by atoms with Crippen molar-refractivity contribution in [1.82, 2.24) is 10.1 Å². The number of sulfonamides is 1. The van der Waals surface area contributed by atoms with Crippen LogP contribution in [0.25, 0.3) is 10.6 Å². The number of nitrogens with zero attached hydrogens (tertiary/aromatic N) is 2. The average Bonchev–Trinajstić information content (AvgIpc) is 3.16. The standard InChI is InChI=1S/C17H19N3O3S2/c1-17(2,3)15-10-14(19-23-15)11-25(21,22)20-13-6-4-5-12(9-13)16-18-7-8-24-16/h4-10,20H,11H2,1-3H3. The molecule has 132 valence electrons. The fourth-order valence-electron chi connectivity index (χ4n) is 2.23. The van der Waals surface area contributed by atoms with Gasteiger partial charge in [-0.15, -0.1) is 11.3 Å². The van der Waals surface area contributed by atoms with Crippen LogP contribution in [0, 0.1) is 0 Å². The van der Waals surface area contributed by atoms with Crippen LogP contribution in [0.2, 0.25) is 0 Å². The molecular weight excluding hydrogens is 358 g/mol. The summed E-state index contributed by atoms with van der Waals surface area (Å²) in [7, 11) is -3.59. The highest BCUT2D eigenvalue weighted by Gasteiger charge is 2.22. The van der Waals surface area contributed by atoms with E-state index >= 15 is 0 Å². The number of nitrogens with one attached hydrogen (secondary N) is 1. The van der Waals surface area contributed by atoms with Gasteiger partial charge in [-0.1, -0.05) is 38.1 Å². The highest BCUT2D eigenvalue weighted by molar-refractivity contribution is 7.91. The maximum Gasteiger partial charge on any atom is 0.238 e. The average molecular weight is 377 g/mol. The van der Waals surface area contributed by atoms with E-state index in [9.17, 15) is 8.42 Å². The number of aromatic nitrogens is 2. The Labute approximate surface area is 151 Å². The lowest BCUT2D eigenvalue weighted by molar-refractivity contribution is 0.327. The lowest BCUT2D eigenvalue weighted by Crippen LogP contribution is -2.15. The first-order valence-corrected chi connectivity index (χ1v) is 10.2. The van der Waals surface area contributed by atoms with Crippen LogP contribution in [0.3, 0.4) is 0 Å². The zero-order chi connectivity index (χ0) is 18.1. The van der Waals surface area contributed by atoms with E-state index in [0.29, 0.717) is 17.1 Å². The molecule has 0 saturated heterocycles. The first-order chi connectivity index (χ1) is 11.7. The molecule has 6 nitrogen and oxygen atoms in total. The van der Waals surface area contributed by atoms with E-state index in [2.05, 4.69) is 14.9 Å². The molecule has 8 heteroatoms. The van der Waals surface area contributed by atoms with Gasteiger partial charge < -0.3 is 4.52 Å². The molecule has 0 radical (unpaired) electrons. The summed E-state index contributed by atoms with van der Waals surface area (Å²) in [5, 5.41) is 6.58. The summed E-state index contributed by atoms with van der Waals surface area (Å²) >= 11 is 1.50. The van der Waals surface area contributed by atoms with Gasteiger partial charge in [-0.2, -0.15) is 0 Å². The summed E-state index contributed by atoms with van der Waals surface area (Å²) in [6, 6.07) is 8.84. The van der Waals surface area contributed by atoms with Crippen LogP contribution in [0.5, 0.6) is 0 Å². The number of hydrogen-bond donors (Lipinski definition) is 1. The Bertz CT molecular complexity index is 955. The van der Waals surface area contributed by atoms with Crippen molar-refractivity contribution in [3.63, 3.8) is 0 Å². The quantitative estimate of drug-likeness (QED) is 0.725. The number of anilines is 1. The van der Waals surface area contributed by atoms with Gasteiger partial charge in [-0.05, 0) is 12.1 Å². The third kappa shape index (κ3) is 4.46. The van der Waals surface area contributed by atoms with Crippen molar-refractivity contribution >= 4 is 27.0 Å². The second kappa shape index (κ2) is 6.61. The molecule has 2 aromatic heterocycles. The van der Waals surface area contributed by atoms with Gasteiger partial charge >= 0.3 is 0 Å². The maximum atomic E-state index is 12.4. The second-order valence-corrected chi connectivity index (χ2v) is 9.33. The molecule has 3 rings (SSSR count). The van der Waals surface area contributed by atoms with E-state index in [1.807, 2.05) is 32.2 Å². The van der Waals surface area contributed by atoms with Crippen LogP contribution in [-0.4, -0.2) is 18.6 Å². The highest BCUT2D eigenvalue weighted by atomic mass is 32.2. The summed E-state index contributed by atoms with van der Waals surface area (Å²) in [6.07, 6.45) is 1.72. The summed E-state index contributed by atoms with van der Waals surface area (Å²) < 4.78 is 32.7. The summed E-state index contributed by atoms with van der Waals surface area (Å²) in [5.41, 5.74) is 1.53. The largest absolute Gasteiger partial charge is 0.361 e. The Balaban J connectivity index is 1.76. The first-order valence-electron chi connectivity index (χ1n) is 7.69. The van der Waals surface area contributed by atoms with E-state index in [1.165, 1.54) is 11.3 Å². The topological polar surface area (TPSA) is 85.1 Å². The first kappa shape index (κ1) is 17.6. The normalized spacial score (nSPS) is 12.3. The Kier molecular flexibility index (Phi) is 4.66. The van der Waals surface area contributed by atoms with Crippen LogP contribution >= 0.6 is 11.3 Å². The van der Waals surface area contributed by atoms with Gasteiger partial charge in [0.25, 0.3) is 0 Å². The third-order valence-electron chi connectivity index (χ3n) is 3.45. The molecule has 0 unspecified atom stereocenters. The zero-order valence-corrected chi connectivity index (χ0v) is 15.8. The van der Waals surface area contributed by atoms with Crippen LogP contribution in [0.4, 0.5) is 5.69 Å². The van der Waals surface area contributed by atoms with E-state index in [0.717, 1.165) is 10.6 Å². The molecule has 3 aromatic rings. The van der Waals surface area contributed by atoms with Crippen molar-refractivity contribution in [1.29, 1.82) is 0 Å². The summed E-state index contributed by atoms with van der Waals surface area (Å²) in [4.78, 5) is 4.24. The van der Waals surface area contributed by atoms with Gasteiger partial charge in [0.15, 0.2) is 0 Å². The van der Waals surface area contributed by atoms with E-state index < -0.39 is 10.0 Å². The van der Waals surface area contributed by atoms with Crippen LogP contribution < -0.4 is 4.72 Å². The molecule has 0 aliphatic rings. The molecule has 2 heterocycles. The summed E-state index contributed by atoms with van der Waals surface area (Å²) in [5.74, 6) is 0.414. The Hall–Kier alpha value is -2.19. The van der Waals surface area contributed by atoms with Crippen molar-refractivity contribution in [3.8, 4) is 10.6 Å². The van der Waals surface area contributed by atoms with Crippen LogP contribution in [0.15, 0.2) is 46.4 Å². The Morgan fingerprint density at radius 3 is 2.68 bits per heavy atom. The van der Waals surface area contributed by atoms with Gasteiger partial charge in [0.05, 0.1) is 0 Å². The zero-order valence-electron chi connectivity index (χ0n) is 14.2. The van der Waals surface area contributed by atoms with Gasteiger partial charge in [0.1, 0.15) is 22.2 Å². The molecule has 0 bridgehead atoms. The molecule has 1 aromatic carbocycles. The van der Waals surface area contributed by atoms with Crippen LogP contribution in [0.1, 0.15) is 32.2 Å². The minimum atomic E-state index is -3.59. The van der Waals surface area contributed by atoms with E-state index in [1.54, 1.807) is 30.5 Å². The number of thiazole rings is 1. The van der Waals surface area contributed by atoms with Crippen molar-refractivity contribution in [2.24, 2.45) is 0 Å². The molecule has 1 N–H and O–H groups in total. The number of rotatable bonds is 5. The van der Waals surface area contributed by atoms with E-state index in [4.69, 9.17) is 4.52 Å². The molecular formula is C17H19N3O3S2. The Morgan fingerprint density at radius 1 is 1.24 bits per heavy atom. The van der Waals surface area contributed by atoms with Gasteiger partial charge in [0, 0.05) is 34.3 Å². The van der Waals surface area contributed by atoms with Crippen molar-refractivity contribution < 1.29 is 12.9 Å². The predicted octanol–water partition coefficient (Wildman–Crippen LogP) is 4.04. The summed E-state index contributed by atoms with van der Waals surface area (Å²) in [6.45, 7) is 5.94. The minimum Gasteiger partial charge on any atom is -0.361 e. The smallest absolute Gasteiger partial charge is 0.238 e. The molecule has 0 saturated carbocycles. The van der Waals surface area contributed by atoms with E-state index in [-0.39, 0.29) is 11.2 Å². The lowest BCUT2D eigenvalue weighted by atomic mass is 9.93. The van der Waals surface area contributed by atoms with Gasteiger partial charge in [-0.25, -0.2) is 13.4 Å². The van der Waals surface area contributed by atoms with Crippen molar-refractivity contribution in [2.75, 3.05) is 4.72 Å². The molecule has 0 atom stereocenters. The minimum absolute atomic E-state index is 0.218. The predicted molar refractivity (Wildman–Crippen MR) is 99.0 cm³/mol. The molecule has 0 spiro atoms. The highest BCUT2D eigenvalue weighted by Crippen LogP contribution is 2.26. The second-order valence-electron chi connectivity index (χ2n) is 6.71. The van der Waals surface area contributed by atoms with Gasteiger partial charge in [-0.3, -0.25) is 4.72 Å². The SMILES string of the molecule is CC(C)(C)c1cc(CS(=O)(=O)Nc2cccc(-c3nccs3)c2)no1. The van der Waals surface area contributed by atoms with Gasteiger partial charge in [0.2, 0.25) is 10.0 Å².